The maximum Gasteiger partial charge on any atom is 0.251 e. The molecule has 1 aromatic carbocycles. The average molecular weight is 382 g/mol. The van der Waals surface area contributed by atoms with Gasteiger partial charge in [0.25, 0.3) is 5.91 Å². The lowest BCUT2D eigenvalue weighted by Gasteiger charge is -2.06. The summed E-state index contributed by atoms with van der Waals surface area (Å²) >= 11 is 4.87. The maximum atomic E-state index is 11.9. The van der Waals surface area contributed by atoms with E-state index in [1.807, 2.05) is 6.92 Å². The lowest BCUT2D eigenvalue weighted by Crippen LogP contribution is -2.30. The largest absolute Gasteiger partial charge is 0.352 e. The topological polar surface area (TPSA) is 71.1 Å². The van der Waals surface area contributed by atoms with E-state index in [0.29, 0.717) is 18.7 Å². The van der Waals surface area contributed by atoms with E-state index in [1.165, 1.54) is 0 Å². The molecule has 1 heterocycles. The maximum absolute atomic E-state index is 11.9. The molecule has 2 aromatic rings. The summed E-state index contributed by atoms with van der Waals surface area (Å²) in [6.45, 7) is 2.71. The van der Waals surface area contributed by atoms with Gasteiger partial charge in [-0.3, -0.25) is 9.59 Å². The molecule has 22 heavy (non-hydrogen) atoms. The zero-order chi connectivity index (χ0) is 15.9. The Balaban J connectivity index is 1.68. The predicted octanol–water partition coefficient (Wildman–Crippen LogP) is 2.65. The highest BCUT2D eigenvalue weighted by molar-refractivity contribution is 9.10. The molecule has 0 aliphatic carbocycles. The van der Waals surface area contributed by atoms with E-state index >= 15 is 0 Å². The number of aryl methyl sites for hydroxylation is 1. The van der Waals surface area contributed by atoms with Crippen LogP contribution in [-0.2, 0) is 11.3 Å². The third-order valence-electron chi connectivity index (χ3n) is 2.87. The van der Waals surface area contributed by atoms with E-state index in [-0.39, 0.29) is 18.2 Å². The third kappa shape index (κ3) is 5.23. The van der Waals surface area contributed by atoms with Gasteiger partial charge in [-0.2, -0.15) is 0 Å². The van der Waals surface area contributed by atoms with Gasteiger partial charge >= 0.3 is 0 Å². The summed E-state index contributed by atoms with van der Waals surface area (Å²) in [4.78, 5) is 28.7. The van der Waals surface area contributed by atoms with Crippen molar-refractivity contribution in [2.45, 2.75) is 19.9 Å². The van der Waals surface area contributed by atoms with Crippen molar-refractivity contribution in [2.75, 3.05) is 6.54 Å². The molecular weight excluding hydrogens is 366 g/mol. The molecule has 0 aliphatic rings. The van der Waals surface area contributed by atoms with Gasteiger partial charge in [-0.05, 0) is 31.2 Å². The zero-order valence-electron chi connectivity index (χ0n) is 12.1. The van der Waals surface area contributed by atoms with Crippen LogP contribution < -0.4 is 10.6 Å². The molecule has 0 fully saturated rings. The van der Waals surface area contributed by atoms with E-state index in [9.17, 15) is 9.59 Å². The average Bonchev–Trinajstić information content (AvgIpc) is 2.91. The highest BCUT2D eigenvalue weighted by atomic mass is 79.9. The molecule has 116 valence electrons. The van der Waals surface area contributed by atoms with Gasteiger partial charge in [0.1, 0.15) is 0 Å². The standard InChI is InChI=1S/C15H16BrN3O2S/c1-10-18-8-13(22-10)9-19-14(20)6-7-17-15(21)11-2-4-12(16)5-3-11/h2-5,8H,6-7,9H2,1H3,(H,17,21)(H,19,20). The van der Waals surface area contributed by atoms with Gasteiger partial charge < -0.3 is 10.6 Å². The lowest BCUT2D eigenvalue weighted by molar-refractivity contribution is -0.121. The second-order valence-electron chi connectivity index (χ2n) is 4.64. The van der Waals surface area contributed by atoms with Gasteiger partial charge in [0.15, 0.2) is 0 Å². The number of halogens is 1. The Bertz CT molecular complexity index is 655. The Kier molecular flexibility index (Phi) is 6.09. The molecule has 0 radical (unpaired) electrons. The van der Waals surface area contributed by atoms with Gasteiger partial charge in [0, 0.05) is 34.1 Å². The fourth-order valence-electron chi connectivity index (χ4n) is 1.75. The Labute approximate surface area is 141 Å². The number of benzene rings is 1. The molecule has 0 spiro atoms. The second-order valence-corrected chi connectivity index (χ2v) is 6.87. The first kappa shape index (κ1) is 16.6. The zero-order valence-corrected chi connectivity index (χ0v) is 14.5. The van der Waals surface area contributed by atoms with E-state index in [1.54, 1.807) is 41.8 Å². The minimum absolute atomic E-state index is 0.0952. The monoisotopic (exact) mass is 381 g/mol. The summed E-state index contributed by atoms with van der Waals surface area (Å²) in [5, 5.41) is 6.51. The van der Waals surface area contributed by atoms with Gasteiger partial charge in [-0.1, -0.05) is 15.9 Å². The van der Waals surface area contributed by atoms with Crippen LogP contribution in [0.4, 0.5) is 0 Å². The van der Waals surface area contributed by atoms with Crippen LogP contribution in [0.25, 0.3) is 0 Å². The summed E-state index contributed by atoms with van der Waals surface area (Å²) in [5.41, 5.74) is 0.573. The van der Waals surface area contributed by atoms with E-state index in [4.69, 9.17) is 0 Å². The smallest absolute Gasteiger partial charge is 0.251 e. The van der Waals surface area contributed by atoms with Crippen LogP contribution in [0, 0.1) is 6.92 Å². The van der Waals surface area contributed by atoms with Crippen LogP contribution >= 0.6 is 27.3 Å². The summed E-state index contributed by atoms with van der Waals surface area (Å²) in [5.74, 6) is -0.277. The number of carbonyl (C=O) groups is 2. The van der Waals surface area contributed by atoms with Gasteiger partial charge in [-0.15, -0.1) is 11.3 Å². The van der Waals surface area contributed by atoms with Crippen molar-refractivity contribution in [1.82, 2.24) is 15.6 Å². The van der Waals surface area contributed by atoms with Crippen LogP contribution in [0.2, 0.25) is 0 Å². The highest BCUT2D eigenvalue weighted by Gasteiger charge is 2.07. The molecule has 2 rings (SSSR count). The Morgan fingerprint density at radius 2 is 1.95 bits per heavy atom. The number of aromatic nitrogens is 1. The number of nitrogens with one attached hydrogen (secondary N) is 2. The van der Waals surface area contributed by atoms with Gasteiger partial charge in [0.05, 0.1) is 11.6 Å². The van der Waals surface area contributed by atoms with Crippen LogP contribution in [-0.4, -0.2) is 23.3 Å². The normalized spacial score (nSPS) is 10.3. The molecule has 0 saturated carbocycles. The molecule has 0 saturated heterocycles. The van der Waals surface area contributed by atoms with Gasteiger partial charge in [0.2, 0.25) is 5.91 Å². The highest BCUT2D eigenvalue weighted by Crippen LogP contribution is 2.11. The first-order valence-corrected chi connectivity index (χ1v) is 8.37. The van der Waals surface area contributed by atoms with Crippen LogP contribution in [0.15, 0.2) is 34.9 Å². The molecular formula is C15H16BrN3O2S. The van der Waals surface area contributed by atoms with Crippen molar-refractivity contribution in [3.8, 4) is 0 Å². The molecule has 0 unspecified atom stereocenters. The summed E-state index contributed by atoms with van der Waals surface area (Å²) in [6.07, 6.45) is 2.01. The van der Waals surface area contributed by atoms with Crippen molar-refractivity contribution in [3.63, 3.8) is 0 Å². The molecule has 2 N–H and O–H groups in total. The van der Waals surface area contributed by atoms with Crippen molar-refractivity contribution in [2.24, 2.45) is 0 Å². The third-order valence-corrected chi connectivity index (χ3v) is 4.31. The molecule has 7 heteroatoms. The van der Waals surface area contributed by atoms with Crippen LogP contribution in [0.5, 0.6) is 0 Å². The number of amides is 2. The number of thiazole rings is 1. The van der Waals surface area contributed by atoms with Crippen LogP contribution in [0.3, 0.4) is 0 Å². The predicted molar refractivity (Wildman–Crippen MR) is 89.8 cm³/mol. The molecule has 0 atom stereocenters. The van der Waals surface area contributed by atoms with Gasteiger partial charge in [-0.25, -0.2) is 4.98 Å². The minimum Gasteiger partial charge on any atom is -0.352 e. The first-order chi connectivity index (χ1) is 10.5. The number of hydrogen-bond acceptors (Lipinski definition) is 4. The van der Waals surface area contributed by atoms with Crippen molar-refractivity contribution >= 4 is 39.1 Å². The van der Waals surface area contributed by atoms with Crippen LogP contribution in [0.1, 0.15) is 26.7 Å². The number of carbonyl (C=O) groups excluding carboxylic acids is 2. The Morgan fingerprint density at radius 1 is 1.23 bits per heavy atom. The molecule has 1 aromatic heterocycles. The summed E-state index contributed by atoms with van der Waals surface area (Å²) < 4.78 is 0.918. The van der Waals surface area contributed by atoms with Crippen molar-refractivity contribution in [3.05, 3.63) is 50.4 Å². The first-order valence-electron chi connectivity index (χ1n) is 6.76. The quantitative estimate of drug-likeness (QED) is 0.807. The number of rotatable bonds is 6. The number of hydrogen-bond donors (Lipinski definition) is 2. The summed E-state index contributed by atoms with van der Waals surface area (Å²) in [6, 6.07) is 7.06. The van der Waals surface area contributed by atoms with E-state index in [0.717, 1.165) is 14.4 Å². The van der Waals surface area contributed by atoms with Crippen molar-refractivity contribution < 1.29 is 9.59 Å². The second kappa shape index (κ2) is 8.05. The Morgan fingerprint density at radius 3 is 2.59 bits per heavy atom. The SMILES string of the molecule is Cc1ncc(CNC(=O)CCNC(=O)c2ccc(Br)cc2)s1. The lowest BCUT2D eigenvalue weighted by atomic mass is 10.2. The molecule has 0 bridgehead atoms. The summed E-state index contributed by atoms with van der Waals surface area (Å²) in [7, 11) is 0. The molecule has 2 amide bonds. The fourth-order valence-corrected chi connectivity index (χ4v) is 2.75. The van der Waals surface area contributed by atoms with Crippen molar-refractivity contribution in [1.29, 1.82) is 0 Å². The van der Waals surface area contributed by atoms with E-state index < -0.39 is 0 Å². The minimum atomic E-state index is -0.182. The molecule has 0 aliphatic heterocycles. The Hall–Kier alpha value is -1.73. The molecule has 5 nitrogen and oxygen atoms in total. The number of nitrogens with zero attached hydrogens (tertiary/aromatic N) is 1. The van der Waals surface area contributed by atoms with E-state index in [2.05, 4.69) is 31.5 Å². The fraction of sp³-hybridized carbons (Fsp3) is 0.267.